The van der Waals surface area contributed by atoms with Crippen molar-refractivity contribution in [2.75, 3.05) is 20.1 Å². The smallest absolute Gasteiger partial charge is 0.0994 e. The number of benzene rings is 3. The van der Waals surface area contributed by atoms with Crippen molar-refractivity contribution < 1.29 is 0 Å². The molecule has 3 aromatic carbocycles. The topological polar surface area (TPSA) is 47.9 Å². The Morgan fingerprint density at radius 1 is 0.795 bits per heavy atom. The second kappa shape index (κ2) is 20.6. The Balaban J connectivity index is 0.000000259. The van der Waals surface area contributed by atoms with Crippen molar-refractivity contribution in [2.45, 2.75) is 110 Å². The molecule has 0 amide bonds. The molecule has 1 aliphatic rings. The zero-order valence-electron chi connectivity index (χ0n) is 27.9. The first kappa shape index (κ1) is 35.1. The van der Waals surface area contributed by atoms with Crippen LogP contribution in [-0.4, -0.2) is 20.1 Å². The first-order valence-corrected chi connectivity index (χ1v) is 17.3. The third-order valence-electron chi connectivity index (χ3n) is 9.12. The highest BCUT2D eigenvalue weighted by atomic mass is 14.9. The number of rotatable bonds is 16. The van der Waals surface area contributed by atoms with Gasteiger partial charge in [-0.2, -0.15) is 5.26 Å². The predicted octanol–water partition coefficient (Wildman–Crippen LogP) is 9.63. The van der Waals surface area contributed by atoms with E-state index in [2.05, 4.69) is 85.7 Å². The summed E-state index contributed by atoms with van der Waals surface area (Å²) < 4.78 is 0. The number of nitriles is 1. The molecule has 3 aromatic rings. The first-order valence-electron chi connectivity index (χ1n) is 17.3. The average molecular weight is 592 g/mol. The van der Waals surface area contributed by atoms with Gasteiger partial charge in [0, 0.05) is 12.7 Å². The Bertz CT molecular complexity index is 1280. The van der Waals surface area contributed by atoms with Gasteiger partial charge in [0.25, 0.3) is 0 Å². The standard InChI is InChI=1S/C24H30N2.C17H27N/c25-19-24-10-6-5-9-21(24)8-4-2-1-3-7-20-11-13-22(14-12-20)23-15-17-26-18-16-23;1-5-7-8-17-13-15(6-2)10-12-16(17)11-9-14(3)18-4/h5-6,9-14,23,26H,1-4,7-8,15-18H2;10,12-13,18H,3,5-9,11H2,1-2,4H3. The van der Waals surface area contributed by atoms with Crippen molar-refractivity contribution >= 4 is 0 Å². The second-order valence-electron chi connectivity index (χ2n) is 12.4. The Morgan fingerprint density at radius 3 is 2.16 bits per heavy atom. The number of hydrogen-bond acceptors (Lipinski definition) is 3. The van der Waals surface area contributed by atoms with Crippen LogP contribution in [0.25, 0.3) is 0 Å². The summed E-state index contributed by atoms with van der Waals surface area (Å²) in [6, 6.07) is 26.6. The van der Waals surface area contributed by atoms with Gasteiger partial charge >= 0.3 is 0 Å². The van der Waals surface area contributed by atoms with Crippen molar-refractivity contribution in [1.82, 2.24) is 10.6 Å². The lowest BCUT2D eigenvalue weighted by atomic mass is 9.89. The number of nitrogens with one attached hydrogen (secondary N) is 2. The SMILES string of the molecule is C=C(CCc1ccc(CC)cc1CCCC)NC.N#Cc1ccccc1CCCCCCc1ccc(C2CCNCC2)cc1. The molecule has 0 atom stereocenters. The van der Waals surface area contributed by atoms with Crippen LogP contribution in [0.3, 0.4) is 0 Å². The first-order chi connectivity index (χ1) is 21.6. The highest BCUT2D eigenvalue weighted by molar-refractivity contribution is 5.37. The van der Waals surface area contributed by atoms with Gasteiger partial charge in [-0.25, -0.2) is 0 Å². The molecule has 0 saturated carbocycles. The van der Waals surface area contributed by atoms with Gasteiger partial charge in [-0.3, -0.25) is 0 Å². The summed E-state index contributed by atoms with van der Waals surface area (Å²) in [6.07, 6.45) is 16.7. The lowest BCUT2D eigenvalue weighted by Crippen LogP contribution is -2.26. The van der Waals surface area contributed by atoms with Crippen LogP contribution in [0.15, 0.2) is 79.0 Å². The Labute approximate surface area is 269 Å². The van der Waals surface area contributed by atoms with E-state index >= 15 is 0 Å². The summed E-state index contributed by atoms with van der Waals surface area (Å²) in [5.74, 6) is 0.751. The zero-order chi connectivity index (χ0) is 31.4. The minimum Gasteiger partial charge on any atom is -0.392 e. The van der Waals surface area contributed by atoms with Crippen LogP contribution in [0.4, 0.5) is 0 Å². The molecule has 0 aromatic heterocycles. The third kappa shape index (κ3) is 12.3. The van der Waals surface area contributed by atoms with Crippen molar-refractivity contribution in [3.05, 3.63) is 118 Å². The van der Waals surface area contributed by atoms with Crippen LogP contribution in [0.1, 0.15) is 116 Å². The molecule has 1 saturated heterocycles. The van der Waals surface area contributed by atoms with Gasteiger partial charge in [-0.1, -0.05) is 100 Å². The summed E-state index contributed by atoms with van der Waals surface area (Å²) in [5.41, 5.74) is 10.6. The molecule has 44 heavy (non-hydrogen) atoms. The number of piperidine rings is 1. The molecule has 1 aliphatic heterocycles. The van der Waals surface area contributed by atoms with Crippen LogP contribution in [0.5, 0.6) is 0 Å². The van der Waals surface area contributed by atoms with E-state index < -0.39 is 0 Å². The van der Waals surface area contributed by atoms with E-state index in [4.69, 9.17) is 5.26 Å². The number of aryl methyl sites for hydroxylation is 5. The van der Waals surface area contributed by atoms with Crippen LogP contribution in [-0.2, 0) is 32.1 Å². The minimum absolute atomic E-state index is 0.751. The molecule has 236 valence electrons. The Kier molecular flexibility index (Phi) is 16.4. The molecular formula is C41H57N3. The summed E-state index contributed by atoms with van der Waals surface area (Å²) in [4.78, 5) is 0. The summed E-state index contributed by atoms with van der Waals surface area (Å²) in [6.45, 7) is 10.8. The van der Waals surface area contributed by atoms with Crippen molar-refractivity contribution in [1.29, 1.82) is 5.26 Å². The monoisotopic (exact) mass is 591 g/mol. The molecule has 3 nitrogen and oxygen atoms in total. The van der Waals surface area contributed by atoms with Crippen molar-refractivity contribution in [3.63, 3.8) is 0 Å². The number of hydrogen-bond donors (Lipinski definition) is 2. The van der Waals surface area contributed by atoms with Gasteiger partial charge in [-0.15, -0.1) is 0 Å². The van der Waals surface area contributed by atoms with E-state index in [0.29, 0.717) is 0 Å². The molecule has 0 bridgehead atoms. The van der Waals surface area contributed by atoms with Gasteiger partial charge in [0.1, 0.15) is 0 Å². The van der Waals surface area contributed by atoms with E-state index in [0.717, 1.165) is 56.0 Å². The van der Waals surface area contributed by atoms with E-state index in [9.17, 15) is 0 Å². The second-order valence-corrected chi connectivity index (χ2v) is 12.4. The van der Waals surface area contributed by atoms with Crippen LogP contribution < -0.4 is 10.6 Å². The zero-order valence-corrected chi connectivity index (χ0v) is 27.9. The van der Waals surface area contributed by atoms with Crippen LogP contribution >= 0.6 is 0 Å². The minimum atomic E-state index is 0.751. The maximum Gasteiger partial charge on any atom is 0.0994 e. The molecule has 0 spiro atoms. The lowest BCUT2D eigenvalue weighted by Gasteiger charge is -2.23. The number of nitrogens with zero attached hydrogens (tertiary/aromatic N) is 1. The number of unbranched alkanes of at least 4 members (excludes halogenated alkanes) is 4. The summed E-state index contributed by atoms with van der Waals surface area (Å²) in [5, 5.41) is 15.7. The van der Waals surface area contributed by atoms with Crippen LogP contribution in [0, 0.1) is 11.3 Å². The fourth-order valence-corrected chi connectivity index (χ4v) is 6.11. The fraction of sp³-hybridized carbons (Fsp3) is 0.488. The van der Waals surface area contributed by atoms with E-state index in [1.54, 1.807) is 5.56 Å². The molecule has 1 fully saturated rings. The predicted molar refractivity (Wildman–Crippen MR) is 189 cm³/mol. The van der Waals surface area contributed by atoms with E-state index in [1.807, 2.05) is 25.2 Å². The fourth-order valence-electron chi connectivity index (χ4n) is 6.11. The molecule has 0 aliphatic carbocycles. The van der Waals surface area contributed by atoms with Gasteiger partial charge in [0.05, 0.1) is 11.6 Å². The molecular weight excluding hydrogens is 534 g/mol. The van der Waals surface area contributed by atoms with Crippen molar-refractivity contribution in [2.24, 2.45) is 0 Å². The lowest BCUT2D eigenvalue weighted by molar-refractivity contribution is 0.460. The highest BCUT2D eigenvalue weighted by Gasteiger charge is 2.14. The number of allylic oxidation sites excluding steroid dienone is 1. The van der Waals surface area contributed by atoms with E-state index in [1.165, 1.54) is 92.0 Å². The van der Waals surface area contributed by atoms with Gasteiger partial charge in [0.2, 0.25) is 0 Å². The molecule has 0 unspecified atom stereocenters. The molecule has 0 radical (unpaired) electrons. The normalized spacial score (nSPS) is 13.0. The van der Waals surface area contributed by atoms with Crippen molar-refractivity contribution in [3.8, 4) is 6.07 Å². The maximum absolute atomic E-state index is 9.13. The third-order valence-corrected chi connectivity index (χ3v) is 9.12. The summed E-state index contributed by atoms with van der Waals surface area (Å²) in [7, 11) is 1.94. The quantitative estimate of drug-likeness (QED) is 0.163. The maximum atomic E-state index is 9.13. The Morgan fingerprint density at radius 2 is 1.48 bits per heavy atom. The van der Waals surface area contributed by atoms with Gasteiger partial charge in [0.15, 0.2) is 0 Å². The van der Waals surface area contributed by atoms with Gasteiger partial charge < -0.3 is 10.6 Å². The molecule has 4 rings (SSSR count). The highest BCUT2D eigenvalue weighted by Crippen LogP contribution is 2.25. The summed E-state index contributed by atoms with van der Waals surface area (Å²) >= 11 is 0. The largest absolute Gasteiger partial charge is 0.392 e. The Hall–Kier alpha value is -3.35. The molecule has 2 N–H and O–H groups in total. The van der Waals surface area contributed by atoms with E-state index in [-0.39, 0.29) is 0 Å². The molecule has 3 heteroatoms. The van der Waals surface area contributed by atoms with Gasteiger partial charge in [-0.05, 0) is 129 Å². The molecule has 1 heterocycles. The van der Waals surface area contributed by atoms with Crippen LogP contribution in [0.2, 0.25) is 0 Å². The average Bonchev–Trinajstić information content (AvgIpc) is 3.09.